The molecule has 8 N–H and O–H groups in total. The van der Waals surface area contributed by atoms with E-state index in [4.69, 9.17) is 52.8 Å². The van der Waals surface area contributed by atoms with E-state index in [9.17, 15) is 40.2 Å². The minimum absolute atomic E-state index is 0. The molecule has 4 saturated heterocycles. The number of rotatable bonds is 7. The Kier molecular flexibility index (Phi) is 15.9. The number of carbonyl (C=O) groups is 2. The number of fused-ring (bicyclic) bond motifs is 6. The standard InChI is InChI=1S/C32H49NO9.C20H21ClN2O4.ClH.H2O4S/c1-6-18(3)25(35)41-24-11-12-26(4)19-8-9-20-28(37)13-23(34)31(39)21(29(28,38)16-30(20,26)42-32(19,24)40)15-33-14-17(2)7-10-22(33)27(31,5)36;21-16-2-4-17(5-3-16)25-13-20(24)23-9-7-22(8-10-23)12-15-1-6-18-19(11-15)27-14-26-18;;1-5(2,3)4/h6,17,19-24,34,36-40H,7-16H2,1-5H3;1-6,11H,7-10,12-14H2;1H;(H2,1,2,3,4). The van der Waals surface area contributed by atoms with E-state index in [1.165, 1.54) is 5.56 Å². The first-order valence-corrected chi connectivity index (χ1v) is 27.5. The Morgan fingerprint density at radius 1 is 0.867 bits per heavy atom. The van der Waals surface area contributed by atoms with Crippen molar-refractivity contribution in [2.24, 2.45) is 29.1 Å². The zero-order valence-corrected chi connectivity index (χ0v) is 45.4. The maximum absolute atomic E-state index is 12.9. The van der Waals surface area contributed by atoms with Crippen molar-refractivity contribution in [2.75, 3.05) is 52.7 Å². The van der Waals surface area contributed by atoms with Crippen LogP contribution in [0.5, 0.6) is 17.2 Å². The van der Waals surface area contributed by atoms with Gasteiger partial charge in [-0.2, -0.15) is 8.42 Å². The summed E-state index contributed by atoms with van der Waals surface area (Å²) in [6, 6.07) is 12.7. The van der Waals surface area contributed by atoms with Gasteiger partial charge < -0.3 is 59.2 Å². The lowest BCUT2D eigenvalue weighted by Gasteiger charge is -2.68. The number of esters is 1. The topological polar surface area (TPSA) is 286 Å². The minimum atomic E-state index is -4.67. The van der Waals surface area contributed by atoms with E-state index in [-0.39, 0.29) is 57.1 Å². The molecule has 0 radical (unpaired) electrons. The van der Waals surface area contributed by atoms with Crippen LogP contribution >= 0.6 is 24.0 Å². The smallest absolute Gasteiger partial charge is 0.394 e. The Hall–Kier alpha value is -3.39. The maximum atomic E-state index is 12.9. The molecule has 4 aliphatic carbocycles. The Labute approximate surface area is 448 Å². The number of piperidine rings is 2. The summed E-state index contributed by atoms with van der Waals surface area (Å²) in [4.78, 5) is 31.4. The van der Waals surface area contributed by atoms with Crippen LogP contribution in [-0.2, 0) is 36.0 Å². The first-order valence-electron chi connectivity index (χ1n) is 25.7. The molecule has 1 spiro atoms. The van der Waals surface area contributed by atoms with E-state index in [1.807, 2.05) is 24.0 Å². The van der Waals surface area contributed by atoms with Crippen molar-refractivity contribution in [3.05, 3.63) is 64.7 Å². The summed E-state index contributed by atoms with van der Waals surface area (Å²) >= 11 is 5.85. The molecule has 8 fully saturated rings. The highest BCUT2D eigenvalue weighted by atomic mass is 35.5. The van der Waals surface area contributed by atoms with Crippen LogP contribution in [0.1, 0.15) is 91.5 Å². The lowest BCUT2D eigenvalue weighted by molar-refractivity contribution is -0.354. The van der Waals surface area contributed by atoms with Crippen LogP contribution in [0.3, 0.4) is 0 Å². The number of allylic oxidation sites excluding steroid dienone is 1. The average Bonchev–Trinajstić information content (AvgIpc) is 3.91. The fraction of sp³-hybridized carbons (Fsp3) is 0.692. The zero-order chi connectivity index (χ0) is 53.6. The SMILES string of the molecule is CC=C(C)C(=O)OC1CCC2(C)C3CCC4C5(O)CC(O)C6(O)C(CN7CC(C)CCC7C6(C)O)C5(O)CC42OC13O.Cl.O=C(COc1ccc(Cl)cc1)N1CCN(Cc2ccc3c(c2)OCO3)CC1.O=S(=O)(O)O. The number of halogens is 2. The minimum Gasteiger partial charge on any atom is -0.484 e. The van der Waals surface area contributed by atoms with Gasteiger partial charge in [-0.3, -0.25) is 23.7 Å². The van der Waals surface area contributed by atoms with Crippen molar-refractivity contribution in [1.29, 1.82) is 0 Å². The third kappa shape index (κ3) is 9.75. The van der Waals surface area contributed by atoms with Gasteiger partial charge in [0.25, 0.3) is 5.91 Å². The second-order valence-corrected chi connectivity index (χ2v) is 24.0. The molecule has 1 amide bonds. The van der Waals surface area contributed by atoms with E-state index >= 15 is 0 Å². The third-order valence-electron chi connectivity index (χ3n) is 18.8. The molecule has 418 valence electrons. The monoisotopic (exact) mass is 1110 g/mol. The largest absolute Gasteiger partial charge is 0.484 e. The fourth-order valence-corrected chi connectivity index (χ4v) is 15.1. The van der Waals surface area contributed by atoms with Gasteiger partial charge in [-0.1, -0.05) is 37.6 Å². The normalized spacial score (nSPS) is 40.4. The molecule has 14 atom stereocenters. The summed E-state index contributed by atoms with van der Waals surface area (Å²) < 4.78 is 60.5. The molecule has 75 heavy (non-hydrogen) atoms. The van der Waals surface area contributed by atoms with Crippen molar-refractivity contribution in [2.45, 2.75) is 145 Å². The summed E-state index contributed by atoms with van der Waals surface area (Å²) in [5, 5.41) is 74.6. The number of hydrogen-bond acceptors (Lipinski definition) is 17. The molecule has 2 aromatic carbocycles. The highest BCUT2D eigenvalue weighted by Crippen LogP contribution is 2.78. The molecular formula is C52H73Cl2N3O17S. The molecule has 2 aromatic rings. The van der Waals surface area contributed by atoms with Gasteiger partial charge in [0.05, 0.1) is 11.7 Å². The Balaban J connectivity index is 0.000000195. The first-order chi connectivity index (χ1) is 34.6. The number of aliphatic hydroxyl groups excluding tert-OH is 1. The molecule has 20 nitrogen and oxygen atoms in total. The van der Waals surface area contributed by atoms with Crippen LogP contribution < -0.4 is 14.2 Å². The van der Waals surface area contributed by atoms with Crippen LogP contribution in [-0.4, -0.2) is 179 Å². The van der Waals surface area contributed by atoms with Gasteiger partial charge in [-0.25, -0.2) is 4.79 Å². The van der Waals surface area contributed by atoms with Crippen molar-refractivity contribution in [1.82, 2.24) is 14.7 Å². The molecule has 14 unspecified atom stereocenters. The second-order valence-electron chi connectivity index (χ2n) is 22.7. The Bertz CT molecular complexity index is 2600. The number of nitrogens with zero attached hydrogens (tertiary/aromatic N) is 3. The lowest BCUT2D eigenvalue weighted by atomic mass is 9.49. The van der Waals surface area contributed by atoms with Crippen molar-refractivity contribution >= 4 is 46.3 Å². The van der Waals surface area contributed by atoms with E-state index in [0.29, 0.717) is 74.0 Å². The Morgan fingerprint density at radius 2 is 1.52 bits per heavy atom. The number of aliphatic hydroxyl groups is 6. The van der Waals surface area contributed by atoms with Gasteiger partial charge in [0.2, 0.25) is 12.6 Å². The number of carbonyl (C=O) groups excluding carboxylic acids is 2. The van der Waals surface area contributed by atoms with E-state index in [2.05, 4.69) is 22.8 Å². The van der Waals surface area contributed by atoms with Crippen molar-refractivity contribution in [3.63, 3.8) is 0 Å². The lowest BCUT2D eigenvalue weighted by Crippen LogP contribution is -2.85. The van der Waals surface area contributed by atoms with Crippen molar-refractivity contribution < 1.29 is 81.4 Å². The molecule has 0 aromatic heterocycles. The highest BCUT2D eigenvalue weighted by molar-refractivity contribution is 7.79. The van der Waals surface area contributed by atoms with Crippen molar-refractivity contribution in [3.8, 4) is 17.2 Å². The molecule has 4 bridgehead atoms. The highest BCUT2D eigenvalue weighted by Gasteiger charge is 2.89. The molecule has 23 heteroatoms. The van der Waals surface area contributed by atoms with Gasteiger partial charge in [-0.05, 0) is 107 Å². The molecule has 4 saturated carbocycles. The zero-order valence-electron chi connectivity index (χ0n) is 43.0. The number of ether oxygens (including phenoxy) is 5. The van der Waals surface area contributed by atoms with Gasteiger partial charge in [0, 0.05) is 98.5 Å². The molecule has 5 heterocycles. The summed E-state index contributed by atoms with van der Waals surface area (Å²) in [5.41, 5.74) is -7.77. The molecule has 5 aliphatic heterocycles. The maximum Gasteiger partial charge on any atom is 0.394 e. The summed E-state index contributed by atoms with van der Waals surface area (Å²) in [6.45, 7) is 14.3. The first kappa shape index (κ1) is 57.8. The predicted molar refractivity (Wildman–Crippen MR) is 272 cm³/mol. The van der Waals surface area contributed by atoms with Gasteiger partial charge >= 0.3 is 16.4 Å². The van der Waals surface area contributed by atoms with Crippen LogP contribution in [0.15, 0.2) is 54.1 Å². The van der Waals surface area contributed by atoms with E-state index < -0.39 is 85.5 Å². The quantitative estimate of drug-likeness (QED) is 0.112. The average molecular weight is 1120 g/mol. The van der Waals surface area contributed by atoms with Gasteiger partial charge in [0.15, 0.2) is 24.2 Å². The fourth-order valence-electron chi connectivity index (χ4n) is 15.0. The molecule has 9 aliphatic rings. The van der Waals surface area contributed by atoms with Crippen LogP contribution in [0.25, 0.3) is 0 Å². The predicted octanol–water partition coefficient (Wildman–Crippen LogP) is 3.55. The molecule has 11 rings (SSSR count). The second kappa shape index (κ2) is 20.7. The van der Waals surface area contributed by atoms with Crippen LogP contribution in [0, 0.1) is 29.1 Å². The van der Waals surface area contributed by atoms with E-state index in [0.717, 1.165) is 37.6 Å². The van der Waals surface area contributed by atoms with Gasteiger partial charge in [-0.15, -0.1) is 12.4 Å². The molecular weight excluding hydrogens is 1040 g/mol. The van der Waals surface area contributed by atoms with E-state index in [1.54, 1.807) is 51.1 Å². The Morgan fingerprint density at radius 3 is 2.19 bits per heavy atom. The summed E-state index contributed by atoms with van der Waals surface area (Å²) in [6.07, 6.45) is 2.30. The number of hydrogen-bond donors (Lipinski definition) is 8. The number of benzene rings is 2. The van der Waals surface area contributed by atoms with Gasteiger partial charge in [0.1, 0.15) is 28.2 Å². The van der Waals surface area contributed by atoms with Crippen LogP contribution in [0.2, 0.25) is 5.02 Å². The third-order valence-corrected chi connectivity index (χ3v) is 19.1. The summed E-state index contributed by atoms with van der Waals surface area (Å²) in [5.74, 6) is -1.78. The number of piperazine rings is 1. The number of amides is 1. The van der Waals surface area contributed by atoms with Crippen LogP contribution in [0.4, 0.5) is 0 Å². The summed E-state index contributed by atoms with van der Waals surface area (Å²) in [7, 11) is -4.67.